The number of hydrogen-bond acceptors (Lipinski definition) is 3. The van der Waals surface area contributed by atoms with Crippen LogP contribution in [0.3, 0.4) is 0 Å². The van der Waals surface area contributed by atoms with Crippen molar-refractivity contribution in [3.8, 4) is 0 Å². The third-order valence-electron chi connectivity index (χ3n) is 4.12. The Hall–Kier alpha value is -1.49. The maximum Gasteiger partial charge on any atom is 0.315 e. The van der Waals surface area contributed by atoms with Gasteiger partial charge in [0, 0.05) is 12.6 Å². The van der Waals surface area contributed by atoms with E-state index in [0.717, 1.165) is 31.1 Å². The van der Waals surface area contributed by atoms with E-state index < -0.39 is 0 Å². The monoisotopic (exact) mass is 278 g/mol. The molecule has 0 radical (unpaired) electrons. The van der Waals surface area contributed by atoms with E-state index in [-0.39, 0.29) is 18.1 Å². The van der Waals surface area contributed by atoms with Crippen LogP contribution < -0.4 is 10.6 Å². The summed E-state index contributed by atoms with van der Waals surface area (Å²) in [7, 11) is 0. The average Bonchev–Trinajstić information content (AvgIpc) is 3.13. The Balaban J connectivity index is 1.46. The first-order valence-corrected chi connectivity index (χ1v) is 7.44. The van der Waals surface area contributed by atoms with E-state index >= 15 is 0 Å². The van der Waals surface area contributed by atoms with Crippen LogP contribution in [0.5, 0.6) is 0 Å². The molecule has 5 nitrogen and oxygen atoms in total. The Morgan fingerprint density at radius 3 is 2.95 bits per heavy atom. The number of ether oxygens (including phenoxy) is 1. The predicted molar refractivity (Wildman–Crippen MR) is 74.3 cm³/mol. The minimum Gasteiger partial charge on any atom is -0.467 e. The molecule has 1 saturated heterocycles. The first-order valence-electron chi connectivity index (χ1n) is 7.44. The highest BCUT2D eigenvalue weighted by atomic mass is 16.5. The molecule has 110 valence electrons. The smallest absolute Gasteiger partial charge is 0.315 e. The largest absolute Gasteiger partial charge is 0.467 e. The Labute approximate surface area is 119 Å². The lowest BCUT2D eigenvalue weighted by Gasteiger charge is -2.30. The second kappa shape index (κ2) is 5.87. The zero-order valence-electron chi connectivity index (χ0n) is 11.8. The molecule has 2 N–H and O–H groups in total. The van der Waals surface area contributed by atoms with E-state index in [4.69, 9.17) is 9.15 Å². The summed E-state index contributed by atoms with van der Waals surface area (Å²) in [6, 6.07) is 3.66. The van der Waals surface area contributed by atoms with Gasteiger partial charge < -0.3 is 19.8 Å². The molecule has 1 saturated carbocycles. The summed E-state index contributed by atoms with van der Waals surface area (Å²) in [4.78, 5) is 12.0. The van der Waals surface area contributed by atoms with E-state index in [9.17, 15) is 4.79 Å². The Morgan fingerprint density at radius 1 is 1.40 bits per heavy atom. The molecule has 0 spiro atoms. The van der Waals surface area contributed by atoms with E-state index in [1.165, 1.54) is 12.8 Å². The van der Waals surface area contributed by atoms with Gasteiger partial charge in [-0.1, -0.05) is 0 Å². The lowest BCUT2D eigenvalue weighted by Crippen LogP contribution is -2.47. The van der Waals surface area contributed by atoms with Gasteiger partial charge in [-0.3, -0.25) is 0 Å². The summed E-state index contributed by atoms with van der Waals surface area (Å²) in [5.41, 5.74) is 0. The van der Waals surface area contributed by atoms with Crippen LogP contribution in [0.1, 0.15) is 44.4 Å². The molecule has 3 rings (SSSR count). The second-order valence-electron chi connectivity index (χ2n) is 5.82. The van der Waals surface area contributed by atoms with E-state index in [1.54, 1.807) is 6.26 Å². The summed E-state index contributed by atoms with van der Waals surface area (Å²) in [6.45, 7) is 2.66. The molecule has 20 heavy (non-hydrogen) atoms. The molecule has 0 aromatic carbocycles. The predicted octanol–water partition coefficient (Wildman–Crippen LogP) is 2.60. The third-order valence-corrected chi connectivity index (χ3v) is 4.12. The Morgan fingerprint density at radius 2 is 2.25 bits per heavy atom. The number of rotatable bonds is 4. The number of furan rings is 1. The topological polar surface area (TPSA) is 63.5 Å². The molecular formula is C15H22N2O3. The summed E-state index contributed by atoms with van der Waals surface area (Å²) >= 11 is 0. The summed E-state index contributed by atoms with van der Waals surface area (Å²) < 4.78 is 11.0. The standard InChI is InChI=1S/C15H22N2O3/c1-10(13-3-2-7-19-13)16-15(18)17-12-6-8-20-14(9-12)11-4-5-11/h2-3,7,10-12,14H,4-6,8-9H2,1H3,(H2,16,17,18)/t10-,12-,14+/m0/s1. The van der Waals surface area contributed by atoms with Gasteiger partial charge in [0.2, 0.25) is 0 Å². The van der Waals surface area contributed by atoms with Gasteiger partial charge in [-0.2, -0.15) is 0 Å². The van der Waals surface area contributed by atoms with Crippen molar-refractivity contribution in [2.75, 3.05) is 6.61 Å². The van der Waals surface area contributed by atoms with E-state index in [0.29, 0.717) is 6.10 Å². The number of hydrogen-bond donors (Lipinski definition) is 2. The highest BCUT2D eigenvalue weighted by molar-refractivity contribution is 5.74. The molecule has 3 atom stereocenters. The zero-order valence-corrected chi connectivity index (χ0v) is 11.8. The van der Waals surface area contributed by atoms with Gasteiger partial charge >= 0.3 is 6.03 Å². The normalized spacial score (nSPS) is 27.9. The SMILES string of the molecule is C[C@H](NC(=O)N[C@H]1CCO[C@@H](C2CC2)C1)c1ccco1. The van der Waals surface area contributed by atoms with E-state index in [2.05, 4.69) is 10.6 Å². The fraction of sp³-hybridized carbons (Fsp3) is 0.667. The number of carbonyl (C=O) groups excluding carboxylic acids is 1. The molecule has 1 aliphatic heterocycles. The van der Waals surface area contributed by atoms with Gasteiger partial charge in [-0.25, -0.2) is 4.79 Å². The molecule has 2 heterocycles. The average molecular weight is 278 g/mol. The first-order chi connectivity index (χ1) is 9.72. The van der Waals surface area contributed by atoms with Crippen LogP contribution in [0, 0.1) is 5.92 Å². The van der Waals surface area contributed by atoms with Crippen LogP contribution in [0.2, 0.25) is 0 Å². The van der Waals surface area contributed by atoms with Gasteiger partial charge in [0.25, 0.3) is 0 Å². The molecule has 1 aliphatic carbocycles. The van der Waals surface area contributed by atoms with Crippen LogP contribution in [0.25, 0.3) is 0 Å². The summed E-state index contributed by atoms with van der Waals surface area (Å²) in [5, 5.41) is 5.96. The Kier molecular flexibility index (Phi) is 3.96. The molecule has 1 aromatic heterocycles. The highest BCUT2D eigenvalue weighted by Gasteiger charge is 2.36. The van der Waals surface area contributed by atoms with Gasteiger partial charge in [0.15, 0.2) is 0 Å². The summed E-state index contributed by atoms with van der Waals surface area (Å²) in [6.07, 6.45) is 6.35. The quantitative estimate of drug-likeness (QED) is 0.889. The van der Waals surface area contributed by atoms with Crippen LogP contribution in [-0.4, -0.2) is 24.8 Å². The minimum atomic E-state index is -0.129. The van der Waals surface area contributed by atoms with Crippen molar-refractivity contribution >= 4 is 6.03 Å². The van der Waals surface area contributed by atoms with Crippen molar-refractivity contribution in [2.45, 2.75) is 50.8 Å². The molecule has 5 heteroatoms. The van der Waals surface area contributed by atoms with Crippen molar-refractivity contribution < 1.29 is 13.9 Å². The number of carbonyl (C=O) groups is 1. The maximum atomic E-state index is 12.0. The molecule has 1 aromatic rings. The van der Waals surface area contributed by atoms with Crippen LogP contribution in [0.15, 0.2) is 22.8 Å². The molecule has 0 bridgehead atoms. The summed E-state index contributed by atoms with van der Waals surface area (Å²) in [5.74, 6) is 1.49. The fourth-order valence-electron chi connectivity index (χ4n) is 2.79. The van der Waals surface area contributed by atoms with Crippen LogP contribution >= 0.6 is 0 Å². The second-order valence-corrected chi connectivity index (χ2v) is 5.82. The van der Waals surface area contributed by atoms with Crippen molar-refractivity contribution in [2.24, 2.45) is 5.92 Å². The number of amides is 2. The fourth-order valence-corrected chi connectivity index (χ4v) is 2.79. The van der Waals surface area contributed by atoms with Crippen molar-refractivity contribution in [3.05, 3.63) is 24.2 Å². The molecule has 2 fully saturated rings. The van der Waals surface area contributed by atoms with Gasteiger partial charge in [0.05, 0.1) is 18.4 Å². The Bertz CT molecular complexity index is 442. The van der Waals surface area contributed by atoms with Gasteiger partial charge in [-0.15, -0.1) is 0 Å². The van der Waals surface area contributed by atoms with Gasteiger partial charge in [-0.05, 0) is 50.7 Å². The first kappa shape index (κ1) is 13.5. The lowest BCUT2D eigenvalue weighted by molar-refractivity contribution is -0.00918. The molecule has 2 amide bonds. The zero-order chi connectivity index (χ0) is 13.9. The van der Waals surface area contributed by atoms with Crippen LogP contribution in [-0.2, 0) is 4.74 Å². The maximum absolute atomic E-state index is 12.0. The number of nitrogens with one attached hydrogen (secondary N) is 2. The molecule has 0 unspecified atom stereocenters. The lowest BCUT2D eigenvalue weighted by atomic mass is 10.0. The van der Waals surface area contributed by atoms with Crippen molar-refractivity contribution in [3.63, 3.8) is 0 Å². The molecule has 2 aliphatic rings. The van der Waals surface area contributed by atoms with E-state index in [1.807, 2.05) is 19.1 Å². The molecular weight excluding hydrogens is 256 g/mol. The minimum absolute atomic E-state index is 0.121. The van der Waals surface area contributed by atoms with Crippen molar-refractivity contribution in [1.29, 1.82) is 0 Å². The third kappa shape index (κ3) is 3.33. The van der Waals surface area contributed by atoms with Gasteiger partial charge in [0.1, 0.15) is 5.76 Å². The van der Waals surface area contributed by atoms with Crippen molar-refractivity contribution in [1.82, 2.24) is 10.6 Å². The number of urea groups is 1. The highest BCUT2D eigenvalue weighted by Crippen LogP contribution is 2.38. The van der Waals surface area contributed by atoms with Crippen LogP contribution in [0.4, 0.5) is 4.79 Å².